The van der Waals surface area contributed by atoms with Crippen molar-refractivity contribution in [2.75, 3.05) is 6.54 Å². The first-order chi connectivity index (χ1) is 10.8. The van der Waals surface area contributed by atoms with Crippen LogP contribution in [0.5, 0.6) is 0 Å². The van der Waals surface area contributed by atoms with Crippen LogP contribution in [0.3, 0.4) is 0 Å². The van der Waals surface area contributed by atoms with E-state index in [2.05, 4.69) is 4.98 Å². The number of carbonyl (C=O) groups is 2. The van der Waals surface area contributed by atoms with Gasteiger partial charge in [0.15, 0.2) is 0 Å². The maximum atomic E-state index is 12.1. The van der Waals surface area contributed by atoms with Gasteiger partial charge >= 0.3 is 0 Å². The van der Waals surface area contributed by atoms with Crippen molar-refractivity contribution in [1.29, 1.82) is 0 Å². The molecule has 0 N–H and O–H groups in total. The van der Waals surface area contributed by atoms with Crippen molar-refractivity contribution in [2.24, 2.45) is 0 Å². The standard InChI is InChI=1S/C17H16N2O3/c20-13-12-19(22-14-16-8-4-5-11-18-16)17(21)10-9-15-6-2-1-3-7-15/h1-11,13H,12,14H2/b10-9+. The third kappa shape index (κ3) is 4.96. The Balaban J connectivity index is 1.96. The molecule has 0 aliphatic carbocycles. The molecule has 0 unspecified atom stereocenters. The van der Waals surface area contributed by atoms with Crippen molar-refractivity contribution >= 4 is 18.3 Å². The monoisotopic (exact) mass is 296 g/mol. The van der Waals surface area contributed by atoms with Gasteiger partial charge in [-0.2, -0.15) is 0 Å². The summed E-state index contributed by atoms with van der Waals surface area (Å²) in [7, 11) is 0. The lowest BCUT2D eigenvalue weighted by molar-refractivity contribution is -0.185. The summed E-state index contributed by atoms with van der Waals surface area (Å²) in [6, 6.07) is 14.8. The van der Waals surface area contributed by atoms with E-state index in [0.717, 1.165) is 10.6 Å². The van der Waals surface area contributed by atoms with Gasteiger partial charge in [0.05, 0.1) is 5.69 Å². The second-order valence-corrected chi connectivity index (χ2v) is 4.40. The molecule has 0 saturated carbocycles. The largest absolute Gasteiger partial charge is 0.301 e. The van der Waals surface area contributed by atoms with Gasteiger partial charge in [0.2, 0.25) is 0 Å². The lowest BCUT2D eigenvalue weighted by atomic mass is 10.2. The maximum Gasteiger partial charge on any atom is 0.270 e. The van der Waals surface area contributed by atoms with E-state index in [9.17, 15) is 9.59 Å². The first-order valence-electron chi connectivity index (χ1n) is 6.80. The molecule has 0 fully saturated rings. The van der Waals surface area contributed by atoms with E-state index < -0.39 is 5.91 Å². The summed E-state index contributed by atoms with van der Waals surface area (Å²) in [4.78, 5) is 32.2. The predicted molar refractivity (Wildman–Crippen MR) is 82.3 cm³/mol. The van der Waals surface area contributed by atoms with Crippen molar-refractivity contribution in [3.63, 3.8) is 0 Å². The van der Waals surface area contributed by atoms with Crippen LogP contribution >= 0.6 is 0 Å². The number of carbonyl (C=O) groups excluding carboxylic acids is 2. The van der Waals surface area contributed by atoms with Gasteiger partial charge in [0, 0.05) is 12.3 Å². The number of amides is 1. The lowest BCUT2D eigenvalue weighted by Crippen LogP contribution is -2.31. The highest BCUT2D eigenvalue weighted by molar-refractivity contribution is 5.92. The summed E-state index contributed by atoms with van der Waals surface area (Å²) in [5.41, 5.74) is 1.57. The summed E-state index contributed by atoms with van der Waals surface area (Å²) >= 11 is 0. The smallest absolute Gasteiger partial charge is 0.270 e. The molecule has 1 aromatic heterocycles. The second kappa shape index (κ2) is 8.49. The van der Waals surface area contributed by atoms with Crippen molar-refractivity contribution in [3.8, 4) is 0 Å². The first-order valence-corrected chi connectivity index (χ1v) is 6.80. The van der Waals surface area contributed by atoms with Crippen LogP contribution in [0.25, 0.3) is 6.08 Å². The number of hydroxylamine groups is 2. The van der Waals surface area contributed by atoms with Gasteiger partial charge in [-0.05, 0) is 23.8 Å². The van der Waals surface area contributed by atoms with Crippen LogP contribution in [0.2, 0.25) is 0 Å². The number of benzene rings is 1. The fourth-order valence-corrected chi connectivity index (χ4v) is 1.72. The molecule has 1 heterocycles. The van der Waals surface area contributed by atoms with Crippen molar-refractivity contribution in [1.82, 2.24) is 10.0 Å². The molecule has 0 radical (unpaired) electrons. The Kier molecular flexibility index (Phi) is 6.02. The van der Waals surface area contributed by atoms with Gasteiger partial charge in [-0.25, -0.2) is 5.06 Å². The Labute approximate surface area is 128 Å². The molecule has 2 rings (SSSR count). The fraction of sp³-hybridized carbons (Fsp3) is 0.118. The van der Waals surface area contributed by atoms with Crippen LogP contribution in [0.15, 0.2) is 60.8 Å². The van der Waals surface area contributed by atoms with E-state index >= 15 is 0 Å². The highest BCUT2D eigenvalue weighted by atomic mass is 16.7. The Morgan fingerprint density at radius 1 is 1.14 bits per heavy atom. The van der Waals surface area contributed by atoms with Crippen molar-refractivity contribution < 1.29 is 14.4 Å². The van der Waals surface area contributed by atoms with Gasteiger partial charge in [-0.3, -0.25) is 14.6 Å². The van der Waals surface area contributed by atoms with E-state index in [1.807, 2.05) is 36.4 Å². The number of aldehydes is 1. The minimum atomic E-state index is -0.396. The maximum absolute atomic E-state index is 12.1. The molecule has 1 amide bonds. The van der Waals surface area contributed by atoms with E-state index in [0.29, 0.717) is 12.0 Å². The van der Waals surface area contributed by atoms with Crippen LogP contribution in [0.1, 0.15) is 11.3 Å². The lowest BCUT2D eigenvalue weighted by Gasteiger charge is -2.17. The molecule has 0 spiro atoms. The number of hydrogen-bond acceptors (Lipinski definition) is 4. The minimum absolute atomic E-state index is 0.125. The topological polar surface area (TPSA) is 59.5 Å². The number of pyridine rings is 1. The second-order valence-electron chi connectivity index (χ2n) is 4.40. The first kappa shape index (κ1) is 15.6. The van der Waals surface area contributed by atoms with Gasteiger partial charge in [-0.1, -0.05) is 36.4 Å². The van der Waals surface area contributed by atoms with Crippen molar-refractivity contribution in [3.05, 3.63) is 72.1 Å². The molecule has 112 valence electrons. The van der Waals surface area contributed by atoms with E-state index in [1.54, 1.807) is 24.4 Å². The van der Waals surface area contributed by atoms with E-state index in [-0.39, 0.29) is 13.2 Å². The van der Waals surface area contributed by atoms with E-state index in [4.69, 9.17) is 4.84 Å². The van der Waals surface area contributed by atoms with Gasteiger partial charge in [0.25, 0.3) is 5.91 Å². The highest BCUT2D eigenvalue weighted by Gasteiger charge is 2.11. The fourth-order valence-electron chi connectivity index (χ4n) is 1.72. The van der Waals surface area contributed by atoms with Gasteiger partial charge < -0.3 is 4.79 Å². The minimum Gasteiger partial charge on any atom is -0.301 e. The van der Waals surface area contributed by atoms with Crippen LogP contribution in [-0.4, -0.2) is 28.8 Å². The number of rotatable bonds is 7. The molecule has 2 aromatic rings. The molecule has 1 aromatic carbocycles. The summed E-state index contributed by atoms with van der Waals surface area (Å²) in [6.45, 7) is -0.00953. The molecule has 0 saturated heterocycles. The summed E-state index contributed by atoms with van der Waals surface area (Å²) < 4.78 is 0. The molecular formula is C17H16N2O3. The average molecular weight is 296 g/mol. The van der Waals surface area contributed by atoms with Crippen LogP contribution in [0, 0.1) is 0 Å². The SMILES string of the molecule is O=CCN(OCc1ccccn1)C(=O)/C=C/c1ccccc1. The number of aromatic nitrogens is 1. The quantitative estimate of drug-likeness (QED) is 0.447. The van der Waals surface area contributed by atoms with Crippen molar-refractivity contribution in [2.45, 2.75) is 6.61 Å². The van der Waals surface area contributed by atoms with Crippen LogP contribution < -0.4 is 0 Å². The molecule has 5 nitrogen and oxygen atoms in total. The zero-order valence-corrected chi connectivity index (χ0v) is 12.0. The highest BCUT2D eigenvalue weighted by Crippen LogP contribution is 2.04. The summed E-state index contributed by atoms with van der Waals surface area (Å²) in [6.07, 6.45) is 5.30. The number of hydrogen-bond donors (Lipinski definition) is 0. The Hall–Kier alpha value is -2.79. The molecule has 0 atom stereocenters. The molecule has 0 aliphatic rings. The summed E-state index contributed by atoms with van der Waals surface area (Å²) in [5.74, 6) is -0.396. The Morgan fingerprint density at radius 3 is 2.59 bits per heavy atom. The molecule has 22 heavy (non-hydrogen) atoms. The third-order valence-electron chi connectivity index (χ3n) is 2.80. The summed E-state index contributed by atoms with van der Waals surface area (Å²) in [5, 5.41) is 1.02. The normalized spacial score (nSPS) is 10.5. The molecule has 0 bridgehead atoms. The third-order valence-corrected chi connectivity index (χ3v) is 2.80. The molecule has 5 heteroatoms. The Morgan fingerprint density at radius 2 is 1.91 bits per heavy atom. The number of nitrogens with zero attached hydrogens (tertiary/aromatic N) is 2. The van der Waals surface area contributed by atoms with Gasteiger partial charge in [-0.15, -0.1) is 0 Å². The predicted octanol–water partition coefficient (Wildman–Crippen LogP) is 2.25. The zero-order chi connectivity index (χ0) is 15.6. The van der Waals surface area contributed by atoms with Gasteiger partial charge in [0.1, 0.15) is 19.4 Å². The zero-order valence-electron chi connectivity index (χ0n) is 12.0. The average Bonchev–Trinajstić information content (AvgIpc) is 2.58. The molecular weight excluding hydrogens is 280 g/mol. The Bertz CT molecular complexity index is 627. The van der Waals surface area contributed by atoms with Crippen LogP contribution in [0.4, 0.5) is 0 Å². The van der Waals surface area contributed by atoms with Crippen LogP contribution in [-0.2, 0) is 21.0 Å². The molecule has 0 aliphatic heterocycles. The van der Waals surface area contributed by atoms with E-state index in [1.165, 1.54) is 6.08 Å².